The number of nitrogens with two attached hydrogens (primary N) is 1. The summed E-state index contributed by atoms with van der Waals surface area (Å²) >= 11 is 0. The molecule has 1 aliphatic rings. The van der Waals surface area contributed by atoms with Crippen LogP contribution in [0.15, 0.2) is 23.1 Å². The number of aromatic nitrogens is 4. The van der Waals surface area contributed by atoms with Crippen molar-refractivity contribution < 1.29 is 9.18 Å². The normalized spacial score (nSPS) is 18.1. The van der Waals surface area contributed by atoms with Crippen LogP contribution >= 0.6 is 0 Å². The van der Waals surface area contributed by atoms with Crippen LogP contribution in [-0.4, -0.2) is 25.0 Å². The van der Waals surface area contributed by atoms with Crippen LogP contribution in [0.25, 0.3) is 11.2 Å². The van der Waals surface area contributed by atoms with Crippen molar-refractivity contribution in [2.45, 2.75) is 39.3 Å². The first-order valence-corrected chi connectivity index (χ1v) is 9.58. The highest BCUT2D eigenvalue weighted by Crippen LogP contribution is 2.38. The van der Waals surface area contributed by atoms with Crippen molar-refractivity contribution in [2.75, 3.05) is 5.32 Å². The van der Waals surface area contributed by atoms with Crippen LogP contribution in [0, 0.1) is 30.0 Å². The summed E-state index contributed by atoms with van der Waals surface area (Å²) < 4.78 is 17.4. The Bertz CT molecular complexity index is 1260. The van der Waals surface area contributed by atoms with Crippen molar-refractivity contribution in [2.24, 2.45) is 11.7 Å². The van der Waals surface area contributed by atoms with E-state index < -0.39 is 11.7 Å². The van der Waals surface area contributed by atoms with E-state index in [-0.39, 0.29) is 29.2 Å². The number of aryl methyl sites for hydroxylation is 2. The van der Waals surface area contributed by atoms with Gasteiger partial charge < -0.3 is 11.1 Å². The van der Waals surface area contributed by atoms with Gasteiger partial charge in [0.25, 0.3) is 5.91 Å². The molecule has 1 aromatic carbocycles. The largest absolute Gasteiger partial charge is 0.366 e. The first kappa shape index (κ1) is 19.6. The minimum absolute atomic E-state index is 0.0595. The van der Waals surface area contributed by atoms with Crippen molar-refractivity contribution in [1.82, 2.24) is 19.1 Å². The average molecular weight is 409 g/mol. The molecular weight excluding hydrogens is 389 g/mol. The molecule has 1 fully saturated rings. The summed E-state index contributed by atoms with van der Waals surface area (Å²) in [6.07, 6.45) is 2.76. The number of primary amides is 1. The average Bonchev–Trinajstić information content (AvgIpc) is 2.94. The number of nitrogens with one attached hydrogen (secondary N) is 1. The number of carbonyl (C=O) groups is 1. The first-order valence-electron chi connectivity index (χ1n) is 9.58. The lowest BCUT2D eigenvalue weighted by Crippen LogP contribution is -2.34. The van der Waals surface area contributed by atoms with Gasteiger partial charge in [-0.25, -0.2) is 14.2 Å². The van der Waals surface area contributed by atoms with Crippen LogP contribution in [0.2, 0.25) is 0 Å². The molecule has 2 heterocycles. The third kappa shape index (κ3) is 3.08. The summed E-state index contributed by atoms with van der Waals surface area (Å²) in [6, 6.07) is 4.66. The third-order valence-corrected chi connectivity index (χ3v) is 5.51. The van der Waals surface area contributed by atoms with Crippen LogP contribution < -0.4 is 16.7 Å². The highest BCUT2D eigenvalue weighted by molar-refractivity contribution is 5.94. The molecule has 0 aliphatic heterocycles. The molecule has 0 radical (unpaired) electrons. The Labute approximate surface area is 171 Å². The number of nitrogens with zero attached hydrogens (tertiary/aromatic N) is 5. The second-order valence-corrected chi connectivity index (χ2v) is 7.39. The Morgan fingerprint density at radius 1 is 1.43 bits per heavy atom. The molecule has 30 heavy (non-hydrogen) atoms. The zero-order valence-corrected chi connectivity index (χ0v) is 16.5. The molecule has 4 rings (SSSR count). The van der Waals surface area contributed by atoms with Gasteiger partial charge in [-0.05, 0) is 44.4 Å². The van der Waals surface area contributed by atoms with Crippen molar-refractivity contribution in [3.63, 3.8) is 0 Å². The highest BCUT2D eigenvalue weighted by atomic mass is 19.1. The van der Waals surface area contributed by atoms with Gasteiger partial charge in [0.2, 0.25) is 5.95 Å². The molecule has 9 nitrogen and oxygen atoms in total. The molecule has 1 saturated carbocycles. The number of benzene rings is 1. The standard InChI is InChI=1S/C20H20FN7O2/c1-3-27-16-9-24-19(25-15-7-14(21)13(17(23)29)4-10(15)2)26-18(16)28(20(27)30)12-5-11(6-12)8-22/h4,7,9,11-12H,3,5-6H2,1-2H3,(H2,23,29)(H,24,25,26). The molecule has 10 heteroatoms. The Balaban J connectivity index is 1.75. The topological polar surface area (TPSA) is 132 Å². The number of hydrogen-bond acceptors (Lipinski definition) is 6. The van der Waals surface area contributed by atoms with Gasteiger partial charge in [-0.15, -0.1) is 0 Å². The van der Waals surface area contributed by atoms with Crippen molar-refractivity contribution in [1.29, 1.82) is 5.26 Å². The zero-order valence-electron chi connectivity index (χ0n) is 16.5. The molecule has 2 aromatic heterocycles. The fraction of sp³-hybridized carbons (Fsp3) is 0.350. The summed E-state index contributed by atoms with van der Waals surface area (Å²) in [4.78, 5) is 33.0. The number of amides is 1. The Kier molecular flexibility index (Phi) is 4.73. The Morgan fingerprint density at radius 3 is 2.80 bits per heavy atom. The monoisotopic (exact) mass is 409 g/mol. The Morgan fingerprint density at radius 2 is 2.17 bits per heavy atom. The zero-order chi connectivity index (χ0) is 21.6. The first-order chi connectivity index (χ1) is 14.3. The number of halogens is 1. The van der Waals surface area contributed by atoms with Crippen LogP contribution in [0.3, 0.4) is 0 Å². The number of imidazole rings is 1. The predicted octanol–water partition coefficient (Wildman–Crippen LogP) is 2.38. The van der Waals surface area contributed by atoms with Gasteiger partial charge in [-0.3, -0.25) is 13.9 Å². The molecular formula is C20H20FN7O2. The van der Waals surface area contributed by atoms with E-state index in [1.54, 1.807) is 22.3 Å². The smallest absolute Gasteiger partial charge is 0.330 e. The maximum absolute atomic E-state index is 14.2. The van der Waals surface area contributed by atoms with Gasteiger partial charge in [0, 0.05) is 18.3 Å². The molecule has 0 unspecified atom stereocenters. The van der Waals surface area contributed by atoms with Gasteiger partial charge in [-0.1, -0.05) is 0 Å². The Hall–Kier alpha value is -3.74. The number of anilines is 2. The van der Waals surface area contributed by atoms with E-state index in [4.69, 9.17) is 11.0 Å². The summed E-state index contributed by atoms with van der Waals surface area (Å²) in [5.41, 5.74) is 6.84. The minimum Gasteiger partial charge on any atom is -0.366 e. The maximum atomic E-state index is 14.2. The van der Waals surface area contributed by atoms with Gasteiger partial charge in [0.1, 0.15) is 11.3 Å². The molecule has 154 valence electrons. The molecule has 0 atom stereocenters. The van der Waals surface area contributed by atoms with Gasteiger partial charge in [0.15, 0.2) is 5.65 Å². The molecule has 0 bridgehead atoms. The van der Waals surface area contributed by atoms with Crippen LogP contribution in [-0.2, 0) is 6.54 Å². The van der Waals surface area contributed by atoms with E-state index in [1.807, 2.05) is 6.92 Å². The molecule has 0 saturated heterocycles. The highest BCUT2D eigenvalue weighted by Gasteiger charge is 2.34. The molecule has 3 aromatic rings. The number of hydrogen-bond donors (Lipinski definition) is 2. The number of fused-ring (bicyclic) bond motifs is 1. The van der Waals surface area contributed by atoms with E-state index in [0.717, 1.165) is 6.07 Å². The lowest BCUT2D eigenvalue weighted by molar-refractivity contribution is 0.0996. The predicted molar refractivity (Wildman–Crippen MR) is 108 cm³/mol. The molecule has 0 spiro atoms. The summed E-state index contributed by atoms with van der Waals surface area (Å²) in [5.74, 6) is -1.46. The van der Waals surface area contributed by atoms with Crippen molar-refractivity contribution >= 4 is 28.7 Å². The van der Waals surface area contributed by atoms with Crippen LogP contribution in [0.1, 0.15) is 41.7 Å². The van der Waals surface area contributed by atoms with E-state index >= 15 is 0 Å². The van der Waals surface area contributed by atoms with Crippen LogP contribution in [0.4, 0.5) is 16.0 Å². The molecule has 3 N–H and O–H groups in total. The number of carbonyl (C=O) groups excluding carboxylic acids is 1. The van der Waals surface area contributed by atoms with E-state index in [9.17, 15) is 14.0 Å². The maximum Gasteiger partial charge on any atom is 0.330 e. The lowest BCUT2D eigenvalue weighted by atomic mass is 9.81. The van der Waals surface area contributed by atoms with Crippen LogP contribution in [0.5, 0.6) is 0 Å². The number of rotatable bonds is 5. The summed E-state index contributed by atoms with van der Waals surface area (Å²) in [5, 5.41) is 12.0. The third-order valence-electron chi connectivity index (χ3n) is 5.51. The van der Waals surface area contributed by atoms with Crippen molar-refractivity contribution in [3.05, 3.63) is 45.8 Å². The second kappa shape index (κ2) is 7.26. The quantitative estimate of drug-likeness (QED) is 0.665. The SMILES string of the molecule is CCn1c(=O)n(C2CC(C#N)C2)c2nc(Nc3cc(F)c(C(N)=O)cc3C)ncc21. The van der Waals surface area contributed by atoms with E-state index in [1.165, 1.54) is 6.07 Å². The molecule has 1 amide bonds. The minimum atomic E-state index is -0.846. The second-order valence-electron chi connectivity index (χ2n) is 7.39. The van der Waals surface area contributed by atoms with E-state index in [0.29, 0.717) is 41.8 Å². The number of nitriles is 1. The molecule has 1 aliphatic carbocycles. The lowest BCUT2D eigenvalue weighted by Gasteiger charge is -2.31. The van der Waals surface area contributed by atoms with Gasteiger partial charge in [-0.2, -0.15) is 10.2 Å². The summed E-state index contributed by atoms with van der Waals surface area (Å²) in [7, 11) is 0. The van der Waals surface area contributed by atoms with Crippen molar-refractivity contribution in [3.8, 4) is 6.07 Å². The van der Waals surface area contributed by atoms with Gasteiger partial charge >= 0.3 is 5.69 Å². The fourth-order valence-corrected chi connectivity index (χ4v) is 3.78. The fourth-order valence-electron chi connectivity index (χ4n) is 3.78. The van der Waals surface area contributed by atoms with E-state index in [2.05, 4.69) is 21.4 Å². The van der Waals surface area contributed by atoms with Gasteiger partial charge in [0.05, 0.1) is 23.7 Å². The summed E-state index contributed by atoms with van der Waals surface area (Å²) in [6.45, 7) is 4.03.